The van der Waals surface area contributed by atoms with Gasteiger partial charge in [0.05, 0.1) is 0 Å². The minimum atomic E-state index is 0.442. The fourth-order valence-electron chi connectivity index (χ4n) is 1.67. The van der Waals surface area contributed by atoms with Crippen molar-refractivity contribution in [3.63, 3.8) is 0 Å². The molecule has 0 aliphatic carbocycles. The third kappa shape index (κ3) is 4.62. The highest BCUT2D eigenvalue weighted by molar-refractivity contribution is 7.99. The molecule has 0 spiro atoms. The molecular formula is C16H16Cl2OS. The average molecular weight is 327 g/mol. The summed E-state index contributed by atoms with van der Waals surface area (Å²) in [4.78, 5) is 1.23. The van der Waals surface area contributed by atoms with Gasteiger partial charge in [0.25, 0.3) is 0 Å². The normalized spacial score (nSPS) is 10.6. The van der Waals surface area contributed by atoms with E-state index in [4.69, 9.17) is 27.9 Å². The third-order valence-corrected chi connectivity index (χ3v) is 4.47. The summed E-state index contributed by atoms with van der Waals surface area (Å²) in [6.45, 7) is 2.62. The number of rotatable bonds is 6. The van der Waals surface area contributed by atoms with Gasteiger partial charge < -0.3 is 4.74 Å². The minimum Gasteiger partial charge on any atom is -0.489 e. The Morgan fingerprint density at radius 2 is 1.95 bits per heavy atom. The quantitative estimate of drug-likeness (QED) is 0.595. The van der Waals surface area contributed by atoms with E-state index in [1.165, 1.54) is 4.90 Å². The molecule has 2 rings (SSSR count). The van der Waals surface area contributed by atoms with Crippen molar-refractivity contribution in [2.45, 2.75) is 24.8 Å². The van der Waals surface area contributed by atoms with Gasteiger partial charge in [-0.25, -0.2) is 0 Å². The summed E-state index contributed by atoms with van der Waals surface area (Å²) in [7, 11) is 0. The van der Waals surface area contributed by atoms with E-state index in [9.17, 15) is 0 Å². The molecule has 0 aliphatic rings. The van der Waals surface area contributed by atoms with E-state index in [0.717, 1.165) is 23.5 Å². The molecule has 20 heavy (non-hydrogen) atoms. The standard InChI is InChI=1S/C16H16Cl2OS/c1-2-8-20-15-5-3-4-14(10-15)19-11-12-6-7-13(17)9-16(12)18/h3-7,9-10H,2,8,11H2,1H3. The van der Waals surface area contributed by atoms with Crippen molar-refractivity contribution < 1.29 is 4.74 Å². The predicted molar refractivity (Wildman–Crippen MR) is 88.3 cm³/mol. The van der Waals surface area contributed by atoms with Crippen LogP contribution >= 0.6 is 35.0 Å². The highest BCUT2D eigenvalue weighted by atomic mass is 35.5. The second-order valence-electron chi connectivity index (χ2n) is 4.35. The first-order valence-corrected chi connectivity index (χ1v) is 8.23. The SMILES string of the molecule is CCCSc1cccc(OCc2ccc(Cl)cc2Cl)c1. The lowest BCUT2D eigenvalue weighted by Crippen LogP contribution is -1.96. The molecule has 0 saturated heterocycles. The largest absolute Gasteiger partial charge is 0.489 e. The van der Waals surface area contributed by atoms with Gasteiger partial charge in [-0.1, -0.05) is 42.3 Å². The molecule has 0 amide bonds. The van der Waals surface area contributed by atoms with E-state index in [1.54, 1.807) is 6.07 Å². The van der Waals surface area contributed by atoms with Crippen molar-refractivity contribution >= 4 is 35.0 Å². The number of hydrogen-bond donors (Lipinski definition) is 0. The van der Waals surface area contributed by atoms with Gasteiger partial charge in [0.1, 0.15) is 12.4 Å². The number of thioether (sulfide) groups is 1. The van der Waals surface area contributed by atoms with Gasteiger partial charge in [-0.3, -0.25) is 0 Å². The van der Waals surface area contributed by atoms with Crippen LogP contribution in [0.3, 0.4) is 0 Å². The van der Waals surface area contributed by atoms with Gasteiger partial charge in [0.2, 0.25) is 0 Å². The Hall–Kier alpha value is -0.830. The molecular weight excluding hydrogens is 311 g/mol. The third-order valence-electron chi connectivity index (χ3n) is 2.69. The van der Waals surface area contributed by atoms with Crippen molar-refractivity contribution in [2.75, 3.05) is 5.75 Å². The molecule has 0 saturated carbocycles. The van der Waals surface area contributed by atoms with E-state index in [1.807, 2.05) is 36.0 Å². The van der Waals surface area contributed by atoms with Crippen LogP contribution < -0.4 is 4.74 Å². The number of hydrogen-bond acceptors (Lipinski definition) is 2. The molecule has 0 heterocycles. The lowest BCUT2D eigenvalue weighted by Gasteiger charge is -2.09. The molecule has 2 aromatic rings. The van der Waals surface area contributed by atoms with Gasteiger partial charge in [-0.2, -0.15) is 0 Å². The summed E-state index contributed by atoms with van der Waals surface area (Å²) in [6.07, 6.45) is 1.16. The van der Waals surface area contributed by atoms with Gasteiger partial charge in [0.15, 0.2) is 0 Å². The molecule has 0 radical (unpaired) electrons. The van der Waals surface area contributed by atoms with E-state index in [-0.39, 0.29) is 0 Å². The van der Waals surface area contributed by atoms with Gasteiger partial charge in [0, 0.05) is 20.5 Å². The molecule has 0 bridgehead atoms. The maximum Gasteiger partial charge on any atom is 0.120 e. The smallest absolute Gasteiger partial charge is 0.120 e. The summed E-state index contributed by atoms with van der Waals surface area (Å²) in [6, 6.07) is 13.6. The first-order valence-electron chi connectivity index (χ1n) is 6.48. The van der Waals surface area contributed by atoms with E-state index in [0.29, 0.717) is 16.7 Å². The predicted octanol–water partition coefficient (Wildman–Crippen LogP) is 6.07. The van der Waals surface area contributed by atoms with Crippen LogP contribution in [0, 0.1) is 0 Å². The second-order valence-corrected chi connectivity index (χ2v) is 6.36. The molecule has 4 heteroatoms. The van der Waals surface area contributed by atoms with Crippen molar-refractivity contribution in [2.24, 2.45) is 0 Å². The van der Waals surface area contributed by atoms with Crippen LogP contribution in [0.1, 0.15) is 18.9 Å². The first-order chi connectivity index (χ1) is 9.69. The monoisotopic (exact) mass is 326 g/mol. The zero-order valence-electron chi connectivity index (χ0n) is 11.2. The fraction of sp³-hybridized carbons (Fsp3) is 0.250. The summed E-state index contributed by atoms with van der Waals surface area (Å²) in [5.74, 6) is 1.98. The van der Waals surface area contributed by atoms with E-state index < -0.39 is 0 Å². The molecule has 0 atom stereocenters. The summed E-state index contributed by atoms with van der Waals surface area (Å²) in [5.41, 5.74) is 0.933. The Kier molecular flexibility index (Phi) is 6.08. The molecule has 1 nitrogen and oxygen atoms in total. The fourth-order valence-corrected chi connectivity index (χ4v) is 2.95. The van der Waals surface area contributed by atoms with Gasteiger partial charge >= 0.3 is 0 Å². The molecule has 0 aliphatic heterocycles. The van der Waals surface area contributed by atoms with Crippen LogP contribution in [-0.4, -0.2) is 5.75 Å². The lowest BCUT2D eigenvalue weighted by atomic mass is 10.2. The Labute approximate surface area is 134 Å². The average Bonchev–Trinajstić information content (AvgIpc) is 2.45. The van der Waals surface area contributed by atoms with Crippen LogP contribution in [0.5, 0.6) is 5.75 Å². The number of benzene rings is 2. The molecule has 0 fully saturated rings. The van der Waals surface area contributed by atoms with E-state index in [2.05, 4.69) is 19.1 Å². The Bertz CT molecular complexity index is 572. The second kappa shape index (κ2) is 7.82. The topological polar surface area (TPSA) is 9.23 Å². The first kappa shape index (κ1) is 15.6. The lowest BCUT2D eigenvalue weighted by molar-refractivity contribution is 0.305. The zero-order valence-corrected chi connectivity index (χ0v) is 13.6. The molecule has 0 N–H and O–H groups in total. The maximum atomic E-state index is 6.13. The van der Waals surface area contributed by atoms with Crippen molar-refractivity contribution in [1.29, 1.82) is 0 Å². The summed E-state index contributed by atoms with van der Waals surface area (Å²) < 4.78 is 5.79. The summed E-state index contributed by atoms with van der Waals surface area (Å²) in [5, 5.41) is 1.27. The van der Waals surface area contributed by atoms with Crippen LogP contribution in [0.4, 0.5) is 0 Å². The van der Waals surface area contributed by atoms with Gasteiger partial charge in [-0.05, 0) is 42.5 Å². The molecule has 2 aromatic carbocycles. The Morgan fingerprint density at radius 3 is 2.70 bits per heavy atom. The van der Waals surface area contributed by atoms with Gasteiger partial charge in [-0.15, -0.1) is 11.8 Å². The highest BCUT2D eigenvalue weighted by Crippen LogP contribution is 2.26. The van der Waals surface area contributed by atoms with Crippen LogP contribution in [0.25, 0.3) is 0 Å². The van der Waals surface area contributed by atoms with E-state index >= 15 is 0 Å². The van der Waals surface area contributed by atoms with Crippen molar-refractivity contribution in [3.8, 4) is 5.75 Å². The highest BCUT2D eigenvalue weighted by Gasteiger charge is 2.03. The Morgan fingerprint density at radius 1 is 1.10 bits per heavy atom. The molecule has 106 valence electrons. The maximum absolute atomic E-state index is 6.13. The Balaban J connectivity index is 1.99. The van der Waals surface area contributed by atoms with Crippen LogP contribution in [-0.2, 0) is 6.61 Å². The molecule has 0 unspecified atom stereocenters. The van der Waals surface area contributed by atoms with Crippen LogP contribution in [0.15, 0.2) is 47.4 Å². The minimum absolute atomic E-state index is 0.442. The number of halogens is 2. The molecule has 0 aromatic heterocycles. The zero-order chi connectivity index (χ0) is 14.4. The van der Waals surface area contributed by atoms with Crippen molar-refractivity contribution in [3.05, 3.63) is 58.1 Å². The van der Waals surface area contributed by atoms with Crippen molar-refractivity contribution in [1.82, 2.24) is 0 Å². The summed E-state index contributed by atoms with van der Waals surface area (Å²) >= 11 is 13.8. The number of ether oxygens (including phenoxy) is 1. The van der Waals surface area contributed by atoms with Crippen LogP contribution in [0.2, 0.25) is 10.0 Å².